The number of hydrogen-bond acceptors (Lipinski definition) is 6. The zero-order chi connectivity index (χ0) is 18.4. The van der Waals surface area contributed by atoms with Crippen LogP contribution in [0.1, 0.15) is 29.6 Å². The predicted molar refractivity (Wildman–Crippen MR) is 88.4 cm³/mol. The lowest BCUT2D eigenvalue weighted by atomic mass is 10.0. The van der Waals surface area contributed by atoms with E-state index in [4.69, 9.17) is 19.9 Å². The molecule has 1 aromatic carbocycles. The second-order valence-corrected chi connectivity index (χ2v) is 5.64. The first kappa shape index (κ1) is 18.6. The zero-order valence-electron chi connectivity index (χ0n) is 14.3. The monoisotopic (exact) mass is 350 g/mol. The van der Waals surface area contributed by atoms with Gasteiger partial charge in [-0.05, 0) is 31.4 Å². The Hall–Kier alpha value is -2.77. The molecule has 0 aromatic heterocycles. The Morgan fingerprint density at radius 3 is 2.60 bits per heavy atom. The first-order valence-corrected chi connectivity index (χ1v) is 7.96. The molecule has 136 valence electrons. The fraction of sp³-hybridized carbons (Fsp3) is 0.471. The number of ether oxygens (including phenoxy) is 3. The number of likely N-dealkylation sites (tertiary alicyclic amines) is 1. The average molecular weight is 350 g/mol. The van der Waals surface area contributed by atoms with Crippen molar-refractivity contribution in [2.24, 2.45) is 5.73 Å². The molecule has 1 saturated heterocycles. The van der Waals surface area contributed by atoms with E-state index >= 15 is 0 Å². The van der Waals surface area contributed by atoms with Gasteiger partial charge in [0.25, 0.3) is 5.91 Å². The molecule has 1 aromatic rings. The number of hydrogen-bond donors (Lipinski definition) is 1. The maximum Gasteiger partial charge on any atom is 0.342 e. The molecule has 1 aliphatic rings. The second-order valence-electron chi connectivity index (χ2n) is 5.64. The summed E-state index contributed by atoms with van der Waals surface area (Å²) < 4.78 is 15.3. The average Bonchev–Trinajstić information content (AvgIpc) is 2.65. The summed E-state index contributed by atoms with van der Waals surface area (Å²) >= 11 is 0. The lowest BCUT2D eigenvalue weighted by molar-refractivity contribution is -0.143. The van der Waals surface area contributed by atoms with E-state index in [0.717, 1.165) is 12.8 Å². The van der Waals surface area contributed by atoms with Gasteiger partial charge in [-0.15, -0.1) is 0 Å². The van der Waals surface area contributed by atoms with E-state index in [1.165, 1.54) is 25.2 Å². The van der Waals surface area contributed by atoms with Gasteiger partial charge in [0.1, 0.15) is 23.1 Å². The van der Waals surface area contributed by atoms with Gasteiger partial charge in [-0.1, -0.05) is 0 Å². The van der Waals surface area contributed by atoms with Crippen LogP contribution in [0.15, 0.2) is 18.2 Å². The normalized spacial score (nSPS) is 16.9. The number of esters is 1. The van der Waals surface area contributed by atoms with E-state index < -0.39 is 30.4 Å². The van der Waals surface area contributed by atoms with Crippen LogP contribution in [0, 0.1) is 0 Å². The molecule has 25 heavy (non-hydrogen) atoms. The van der Waals surface area contributed by atoms with Gasteiger partial charge in [-0.3, -0.25) is 9.59 Å². The van der Waals surface area contributed by atoms with Gasteiger partial charge in [0, 0.05) is 12.6 Å². The van der Waals surface area contributed by atoms with Gasteiger partial charge < -0.3 is 24.8 Å². The minimum atomic E-state index is -0.694. The Bertz CT molecular complexity index is 661. The first-order chi connectivity index (χ1) is 12.0. The van der Waals surface area contributed by atoms with Crippen molar-refractivity contribution in [3.05, 3.63) is 23.8 Å². The van der Waals surface area contributed by atoms with Gasteiger partial charge in [-0.2, -0.15) is 0 Å². The van der Waals surface area contributed by atoms with Crippen molar-refractivity contribution in [2.45, 2.75) is 25.3 Å². The van der Waals surface area contributed by atoms with Crippen LogP contribution in [0.4, 0.5) is 0 Å². The number of primary amides is 1. The van der Waals surface area contributed by atoms with E-state index in [2.05, 4.69) is 0 Å². The van der Waals surface area contributed by atoms with Crippen molar-refractivity contribution in [3.63, 3.8) is 0 Å². The van der Waals surface area contributed by atoms with Crippen molar-refractivity contribution < 1.29 is 28.6 Å². The third kappa shape index (κ3) is 4.40. The third-order valence-electron chi connectivity index (χ3n) is 4.11. The molecule has 1 fully saturated rings. The maximum absolute atomic E-state index is 12.3. The summed E-state index contributed by atoms with van der Waals surface area (Å²) in [6.07, 6.45) is 2.15. The highest BCUT2D eigenvalue weighted by Crippen LogP contribution is 2.25. The van der Waals surface area contributed by atoms with E-state index in [1.807, 2.05) is 0 Å². The summed E-state index contributed by atoms with van der Waals surface area (Å²) in [6, 6.07) is 3.99. The van der Waals surface area contributed by atoms with Crippen LogP contribution in [-0.2, 0) is 14.3 Å². The van der Waals surface area contributed by atoms with E-state index in [0.29, 0.717) is 18.7 Å². The number of amides is 2. The molecule has 2 rings (SSSR count). The molecule has 1 heterocycles. The summed E-state index contributed by atoms with van der Waals surface area (Å²) in [5.41, 5.74) is 5.52. The van der Waals surface area contributed by atoms with Gasteiger partial charge in [0.2, 0.25) is 5.91 Å². The molecule has 0 aliphatic carbocycles. The van der Waals surface area contributed by atoms with Gasteiger partial charge >= 0.3 is 5.97 Å². The lowest BCUT2D eigenvalue weighted by Crippen LogP contribution is -2.51. The van der Waals surface area contributed by atoms with Crippen molar-refractivity contribution in [2.75, 3.05) is 27.4 Å². The summed E-state index contributed by atoms with van der Waals surface area (Å²) in [7, 11) is 2.92. The number of nitrogens with two attached hydrogens (primary N) is 1. The lowest BCUT2D eigenvalue weighted by Gasteiger charge is -2.33. The molecule has 1 atom stereocenters. The summed E-state index contributed by atoms with van der Waals surface area (Å²) in [6.45, 7) is -0.0341. The topological polar surface area (TPSA) is 108 Å². The Balaban J connectivity index is 2.01. The molecule has 0 unspecified atom stereocenters. The van der Waals surface area contributed by atoms with Gasteiger partial charge in [0.05, 0.1) is 14.2 Å². The van der Waals surface area contributed by atoms with Crippen molar-refractivity contribution in [1.82, 2.24) is 4.90 Å². The van der Waals surface area contributed by atoms with Crippen molar-refractivity contribution in [1.29, 1.82) is 0 Å². The number of carbonyl (C=O) groups is 3. The number of piperidine rings is 1. The molecule has 0 spiro atoms. The molecular formula is C17H22N2O6. The van der Waals surface area contributed by atoms with Gasteiger partial charge in [-0.25, -0.2) is 4.79 Å². The molecule has 0 saturated carbocycles. The zero-order valence-corrected chi connectivity index (χ0v) is 14.3. The molecule has 8 nitrogen and oxygen atoms in total. The highest BCUT2D eigenvalue weighted by molar-refractivity contribution is 5.94. The number of carbonyl (C=O) groups excluding carboxylic acids is 3. The smallest absolute Gasteiger partial charge is 0.342 e. The third-order valence-corrected chi connectivity index (χ3v) is 4.11. The quantitative estimate of drug-likeness (QED) is 0.758. The highest BCUT2D eigenvalue weighted by atomic mass is 16.5. The van der Waals surface area contributed by atoms with Gasteiger partial charge in [0.15, 0.2) is 6.61 Å². The Kier molecular flexibility index (Phi) is 6.21. The molecular weight excluding hydrogens is 328 g/mol. The molecule has 2 amide bonds. The number of benzene rings is 1. The van der Waals surface area contributed by atoms with E-state index in [-0.39, 0.29) is 11.3 Å². The van der Waals surface area contributed by atoms with E-state index in [9.17, 15) is 14.4 Å². The molecule has 1 aliphatic heterocycles. The highest BCUT2D eigenvalue weighted by Gasteiger charge is 2.31. The SMILES string of the molecule is COc1ccc(C(=O)OCC(=O)N2CCCC[C@H]2C(N)=O)c(OC)c1. The van der Waals surface area contributed by atoms with Crippen LogP contribution in [0.3, 0.4) is 0 Å². The fourth-order valence-corrected chi connectivity index (χ4v) is 2.78. The van der Waals surface area contributed by atoms with Crippen LogP contribution in [0.2, 0.25) is 0 Å². The van der Waals surface area contributed by atoms with Crippen LogP contribution in [0.5, 0.6) is 11.5 Å². The number of rotatable bonds is 6. The minimum absolute atomic E-state index is 0.182. The van der Waals surface area contributed by atoms with Crippen LogP contribution in [0.25, 0.3) is 0 Å². The molecule has 0 radical (unpaired) electrons. The van der Waals surface area contributed by atoms with E-state index in [1.54, 1.807) is 12.1 Å². The standard InChI is InChI=1S/C17H22N2O6/c1-23-11-6-7-12(14(9-11)24-2)17(22)25-10-15(20)19-8-4-3-5-13(19)16(18)21/h6-7,9,13H,3-5,8,10H2,1-2H3,(H2,18,21)/t13-/m0/s1. The fourth-order valence-electron chi connectivity index (χ4n) is 2.78. The minimum Gasteiger partial charge on any atom is -0.497 e. The second kappa shape index (κ2) is 8.36. The van der Waals surface area contributed by atoms with Crippen molar-refractivity contribution >= 4 is 17.8 Å². The molecule has 0 bridgehead atoms. The summed E-state index contributed by atoms with van der Waals surface area (Å²) in [5, 5.41) is 0. The largest absolute Gasteiger partial charge is 0.497 e. The Morgan fingerprint density at radius 2 is 1.96 bits per heavy atom. The van der Waals surface area contributed by atoms with Crippen LogP contribution in [-0.4, -0.2) is 56.1 Å². The predicted octanol–water partition coefficient (Wildman–Crippen LogP) is 0.727. The summed E-state index contributed by atoms with van der Waals surface area (Å²) in [5.74, 6) is -0.868. The van der Waals surface area contributed by atoms with Crippen LogP contribution < -0.4 is 15.2 Å². The molecule has 8 heteroatoms. The maximum atomic E-state index is 12.3. The summed E-state index contributed by atoms with van der Waals surface area (Å²) in [4.78, 5) is 37.4. The Morgan fingerprint density at radius 1 is 1.20 bits per heavy atom. The number of nitrogens with zero attached hydrogens (tertiary/aromatic N) is 1. The number of methoxy groups -OCH3 is 2. The van der Waals surface area contributed by atoms with Crippen LogP contribution >= 0.6 is 0 Å². The molecule has 2 N–H and O–H groups in total. The first-order valence-electron chi connectivity index (χ1n) is 7.96. The van der Waals surface area contributed by atoms with Crippen molar-refractivity contribution in [3.8, 4) is 11.5 Å². The Labute approximate surface area is 145 Å².